The van der Waals surface area contributed by atoms with Crippen molar-refractivity contribution in [3.63, 3.8) is 0 Å². The van der Waals surface area contributed by atoms with Gasteiger partial charge >= 0.3 is 0 Å². The SMILES string of the molecule is Cc1noc(C2CCCN(C(=O)C3CCCN(Cc4ccccc4)C3)C2)n1. The number of rotatable bonds is 4. The molecule has 2 fully saturated rings. The van der Waals surface area contributed by atoms with Crippen LogP contribution in [0.3, 0.4) is 0 Å². The monoisotopic (exact) mass is 368 g/mol. The van der Waals surface area contributed by atoms with Crippen LogP contribution in [-0.4, -0.2) is 52.0 Å². The van der Waals surface area contributed by atoms with E-state index in [-0.39, 0.29) is 11.8 Å². The molecule has 2 atom stereocenters. The third kappa shape index (κ3) is 4.38. The van der Waals surface area contributed by atoms with E-state index in [1.54, 1.807) is 0 Å². The number of aryl methyl sites for hydroxylation is 1. The zero-order chi connectivity index (χ0) is 18.6. The zero-order valence-corrected chi connectivity index (χ0v) is 16.0. The fraction of sp³-hybridized carbons (Fsp3) is 0.571. The summed E-state index contributed by atoms with van der Waals surface area (Å²) in [7, 11) is 0. The highest BCUT2D eigenvalue weighted by Crippen LogP contribution is 2.28. The van der Waals surface area contributed by atoms with Crippen LogP contribution >= 0.6 is 0 Å². The second-order valence-electron chi connectivity index (χ2n) is 7.86. The number of hydrogen-bond acceptors (Lipinski definition) is 5. The number of piperidine rings is 2. The van der Waals surface area contributed by atoms with Crippen molar-refractivity contribution >= 4 is 5.91 Å². The Kier molecular flexibility index (Phi) is 5.53. The predicted molar refractivity (Wildman–Crippen MR) is 102 cm³/mol. The van der Waals surface area contributed by atoms with Crippen LogP contribution in [0.15, 0.2) is 34.9 Å². The van der Waals surface area contributed by atoms with Crippen LogP contribution in [0.2, 0.25) is 0 Å². The molecule has 0 bridgehead atoms. The van der Waals surface area contributed by atoms with E-state index in [0.717, 1.165) is 51.9 Å². The van der Waals surface area contributed by atoms with Crippen LogP contribution in [0.5, 0.6) is 0 Å². The number of hydrogen-bond donors (Lipinski definition) is 0. The maximum atomic E-state index is 13.2. The molecule has 2 saturated heterocycles. The van der Waals surface area contributed by atoms with E-state index in [1.165, 1.54) is 5.56 Å². The first-order valence-corrected chi connectivity index (χ1v) is 10.0. The van der Waals surface area contributed by atoms with Crippen molar-refractivity contribution in [2.75, 3.05) is 26.2 Å². The molecule has 1 aromatic heterocycles. The van der Waals surface area contributed by atoms with E-state index in [0.29, 0.717) is 24.2 Å². The van der Waals surface area contributed by atoms with Gasteiger partial charge < -0.3 is 9.42 Å². The summed E-state index contributed by atoms with van der Waals surface area (Å²) < 4.78 is 5.35. The van der Waals surface area contributed by atoms with Gasteiger partial charge in [-0.2, -0.15) is 4.98 Å². The average Bonchev–Trinajstić information content (AvgIpc) is 3.15. The fourth-order valence-corrected chi connectivity index (χ4v) is 4.36. The van der Waals surface area contributed by atoms with E-state index in [9.17, 15) is 4.79 Å². The minimum Gasteiger partial charge on any atom is -0.342 e. The van der Waals surface area contributed by atoms with E-state index in [4.69, 9.17) is 4.52 Å². The van der Waals surface area contributed by atoms with Gasteiger partial charge in [0.2, 0.25) is 11.8 Å². The molecule has 2 aliphatic heterocycles. The number of aromatic nitrogens is 2. The molecule has 0 saturated carbocycles. The van der Waals surface area contributed by atoms with Crippen molar-refractivity contribution in [1.29, 1.82) is 0 Å². The normalized spacial score (nSPS) is 24.1. The molecule has 4 rings (SSSR count). The van der Waals surface area contributed by atoms with Crippen LogP contribution in [0.4, 0.5) is 0 Å². The fourth-order valence-electron chi connectivity index (χ4n) is 4.36. The van der Waals surface area contributed by atoms with Gasteiger partial charge in [-0.15, -0.1) is 0 Å². The number of carbonyl (C=O) groups excluding carboxylic acids is 1. The van der Waals surface area contributed by atoms with Crippen molar-refractivity contribution < 1.29 is 9.32 Å². The molecule has 2 aliphatic rings. The van der Waals surface area contributed by atoms with Gasteiger partial charge in [-0.3, -0.25) is 9.69 Å². The van der Waals surface area contributed by atoms with Gasteiger partial charge in [0.1, 0.15) is 0 Å². The maximum Gasteiger partial charge on any atom is 0.231 e. The molecule has 0 spiro atoms. The Morgan fingerprint density at radius 3 is 2.74 bits per heavy atom. The molecule has 3 heterocycles. The van der Waals surface area contributed by atoms with Crippen molar-refractivity contribution in [3.8, 4) is 0 Å². The second kappa shape index (κ2) is 8.21. The molecule has 6 nitrogen and oxygen atoms in total. The molecule has 0 aliphatic carbocycles. The summed E-state index contributed by atoms with van der Waals surface area (Å²) in [5.41, 5.74) is 1.32. The van der Waals surface area contributed by atoms with Gasteiger partial charge in [-0.1, -0.05) is 35.5 Å². The summed E-state index contributed by atoms with van der Waals surface area (Å²) in [5, 5.41) is 3.91. The summed E-state index contributed by atoms with van der Waals surface area (Å²) in [6.45, 7) is 6.24. The predicted octanol–water partition coefficient (Wildman–Crippen LogP) is 3.00. The average molecular weight is 368 g/mol. The molecule has 144 valence electrons. The minimum absolute atomic E-state index is 0.102. The van der Waals surface area contributed by atoms with Crippen LogP contribution in [-0.2, 0) is 11.3 Å². The Morgan fingerprint density at radius 2 is 1.96 bits per heavy atom. The van der Waals surface area contributed by atoms with Crippen LogP contribution in [0, 0.1) is 12.8 Å². The number of carbonyl (C=O) groups is 1. The molecule has 27 heavy (non-hydrogen) atoms. The largest absolute Gasteiger partial charge is 0.342 e. The van der Waals surface area contributed by atoms with Crippen LogP contribution < -0.4 is 0 Å². The van der Waals surface area contributed by atoms with Gasteiger partial charge in [0.25, 0.3) is 0 Å². The number of amides is 1. The Balaban J connectivity index is 1.36. The Bertz CT molecular complexity index is 761. The van der Waals surface area contributed by atoms with Crippen LogP contribution in [0.25, 0.3) is 0 Å². The standard InChI is InChI=1S/C21H28N4O2/c1-16-22-20(27-23-16)18-9-6-12-25(15-18)21(26)19-10-5-11-24(14-19)13-17-7-3-2-4-8-17/h2-4,7-8,18-19H,5-6,9-15H2,1H3. The van der Waals surface area contributed by atoms with E-state index in [1.807, 2.05) is 17.9 Å². The Morgan fingerprint density at radius 1 is 1.15 bits per heavy atom. The zero-order valence-electron chi connectivity index (χ0n) is 16.0. The van der Waals surface area contributed by atoms with Crippen molar-refractivity contribution in [3.05, 3.63) is 47.6 Å². The topological polar surface area (TPSA) is 62.5 Å². The summed E-state index contributed by atoms with van der Waals surface area (Å²) in [6.07, 6.45) is 4.09. The van der Waals surface area contributed by atoms with Crippen molar-refractivity contribution in [2.24, 2.45) is 5.92 Å². The molecule has 6 heteroatoms. The highest BCUT2D eigenvalue weighted by molar-refractivity contribution is 5.79. The lowest BCUT2D eigenvalue weighted by atomic mass is 9.92. The lowest BCUT2D eigenvalue weighted by molar-refractivity contribution is -0.138. The van der Waals surface area contributed by atoms with Gasteiger partial charge in [0.05, 0.1) is 11.8 Å². The van der Waals surface area contributed by atoms with Crippen molar-refractivity contribution in [1.82, 2.24) is 19.9 Å². The van der Waals surface area contributed by atoms with Crippen LogP contribution in [0.1, 0.15) is 48.9 Å². The van der Waals surface area contributed by atoms with Gasteiger partial charge in [-0.05, 0) is 44.7 Å². The van der Waals surface area contributed by atoms with Gasteiger partial charge in [-0.25, -0.2) is 0 Å². The Hall–Kier alpha value is -2.21. The molecule has 2 aromatic rings. The molecular formula is C21H28N4O2. The lowest BCUT2D eigenvalue weighted by Gasteiger charge is -2.37. The highest BCUT2D eigenvalue weighted by atomic mass is 16.5. The van der Waals surface area contributed by atoms with E-state index in [2.05, 4.69) is 39.3 Å². The maximum absolute atomic E-state index is 13.2. The number of nitrogens with zero attached hydrogens (tertiary/aromatic N) is 4. The first-order chi connectivity index (χ1) is 13.2. The molecule has 1 amide bonds. The molecule has 0 N–H and O–H groups in total. The second-order valence-corrected chi connectivity index (χ2v) is 7.86. The molecular weight excluding hydrogens is 340 g/mol. The third-order valence-corrected chi connectivity index (χ3v) is 5.73. The smallest absolute Gasteiger partial charge is 0.231 e. The van der Waals surface area contributed by atoms with Crippen molar-refractivity contribution in [2.45, 2.75) is 45.1 Å². The molecule has 1 aromatic carbocycles. The lowest BCUT2D eigenvalue weighted by Crippen LogP contribution is -2.47. The van der Waals surface area contributed by atoms with E-state index >= 15 is 0 Å². The Labute approximate surface area is 160 Å². The number of benzene rings is 1. The van der Waals surface area contributed by atoms with Gasteiger partial charge in [0, 0.05) is 26.2 Å². The van der Waals surface area contributed by atoms with E-state index < -0.39 is 0 Å². The quantitative estimate of drug-likeness (QED) is 0.830. The minimum atomic E-state index is 0.102. The summed E-state index contributed by atoms with van der Waals surface area (Å²) in [4.78, 5) is 22.0. The first kappa shape index (κ1) is 18.2. The highest BCUT2D eigenvalue weighted by Gasteiger charge is 2.33. The number of likely N-dealkylation sites (tertiary alicyclic amines) is 2. The molecule has 2 unspecified atom stereocenters. The summed E-state index contributed by atoms with van der Waals surface area (Å²) in [6, 6.07) is 10.5. The summed E-state index contributed by atoms with van der Waals surface area (Å²) in [5.74, 6) is 1.92. The third-order valence-electron chi connectivity index (χ3n) is 5.73. The first-order valence-electron chi connectivity index (χ1n) is 10.0. The van der Waals surface area contributed by atoms with Gasteiger partial charge in [0.15, 0.2) is 5.82 Å². The summed E-state index contributed by atoms with van der Waals surface area (Å²) >= 11 is 0. The molecule has 0 radical (unpaired) electrons.